The highest BCUT2D eigenvalue weighted by Gasteiger charge is 2.12. The van der Waals surface area contributed by atoms with E-state index in [2.05, 4.69) is 15.6 Å². The lowest BCUT2D eigenvalue weighted by Crippen LogP contribution is -2.43. The Morgan fingerprint density at radius 1 is 1.30 bits per heavy atom. The molecule has 0 aliphatic heterocycles. The fraction of sp³-hybridized carbons (Fsp3) is 0.429. The quantitative estimate of drug-likeness (QED) is 0.455. The number of nitrogens with zero attached hydrogens (tertiary/aromatic N) is 2. The first kappa shape index (κ1) is 18.7. The number of amides is 1. The third-order valence-corrected chi connectivity index (χ3v) is 2.82. The molecular weight excluding hydrogens is 367 g/mol. The van der Waals surface area contributed by atoms with Crippen LogP contribution in [0, 0.1) is 0 Å². The van der Waals surface area contributed by atoms with Crippen molar-refractivity contribution in [1.29, 1.82) is 0 Å². The zero-order valence-electron chi connectivity index (χ0n) is 12.2. The molecule has 0 saturated heterocycles. The fourth-order valence-electron chi connectivity index (χ4n) is 1.73. The first-order valence-corrected chi connectivity index (χ1v) is 6.41. The Hall–Kier alpha value is -1.31. The average molecular weight is 390 g/mol. The molecule has 0 aromatic heterocycles. The molecule has 0 saturated carbocycles. The molecule has 1 aromatic rings. The topological polar surface area (TPSA) is 56.7 Å². The van der Waals surface area contributed by atoms with E-state index < -0.39 is 0 Å². The predicted molar refractivity (Wildman–Crippen MR) is 93.4 cm³/mol. The van der Waals surface area contributed by atoms with Crippen molar-refractivity contribution in [2.24, 2.45) is 4.99 Å². The van der Waals surface area contributed by atoms with Crippen molar-refractivity contribution in [3.63, 3.8) is 0 Å². The zero-order chi connectivity index (χ0) is 14.1. The van der Waals surface area contributed by atoms with Gasteiger partial charge < -0.3 is 15.5 Å². The number of nitrogens with one attached hydrogen (secondary N) is 2. The van der Waals surface area contributed by atoms with Gasteiger partial charge in [-0.2, -0.15) is 0 Å². The first-order valence-electron chi connectivity index (χ1n) is 6.41. The highest BCUT2D eigenvalue weighted by molar-refractivity contribution is 14.0. The van der Waals surface area contributed by atoms with Crippen molar-refractivity contribution in [1.82, 2.24) is 15.5 Å². The number of rotatable bonds is 5. The van der Waals surface area contributed by atoms with Gasteiger partial charge in [-0.3, -0.25) is 9.79 Å². The van der Waals surface area contributed by atoms with E-state index in [-0.39, 0.29) is 36.4 Å². The van der Waals surface area contributed by atoms with Crippen molar-refractivity contribution in [2.45, 2.75) is 13.5 Å². The van der Waals surface area contributed by atoms with Crippen LogP contribution < -0.4 is 10.6 Å². The molecule has 0 fully saturated rings. The molecule has 1 rings (SSSR count). The molecule has 0 heterocycles. The van der Waals surface area contributed by atoms with Gasteiger partial charge in [0.2, 0.25) is 5.91 Å². The van der Waals surface area contributed by atoms with E-state index in [0.717, 1.165) is 5.56 Å². The first-order chi connectivity index (χ1) is 9.21. The van der Waals surface area contributed by atoms with Crippen molar-refractivity contribution in [3.8, 4) is 0 Å². The van der Waals surface area contributed by atoms with Crippen molar-refractivity contribution in [2.75, 3.05) is 27.2 Å². The number of likely N-dealkylation sites (N-methyl/N-ethyl adjacent to an activating group) is 1. The number of hydrogen-bond donors (Lipinski definition) is 2. The lowest BCUT2D eigenvalue weighted by molar-refractivity contribution is -0.130. The molecule has 0 spiro atoms. The highest BCUT2D eigenvalue weighted by Crippen LogP contribution is 2.04. The predicted octanol–water partition coefficient (Wildman–Crippen LogP) is 1.45. The summed E-state index contributed by atoms with van der Waals surface area (Å²) in [5.74, 6) is 0.673. The highest BCUT2D eigenvalue weighted by atomic mass is 127. The van der Waals surface area contributed by atoms with Crippen molar-refractivity contribution >= 4 is 35.8 Å². The van der Waals surface area contributed by atoms with Crippen LogP contribution in [0.15, 0.2) is 35.3 Å². The Kier molecular flexibility index (Phi) is 9.79. The van der Waals surface area contributed by atoms with E-state index in [4.69, 9.17) is 0 Å². The third kappa shape index (κ3) is 6.23. The number of carbonyl (C=O) groups is 1. The van der Waals surface area contributed by atoms with Crippen LogP contribution in [0.5, 0.6) is 0 Å². The molecule has 6 heteroatoms. The summed E-state index contributed by atoms with van der Waals surface area (Å²) in [6.45, 7) is 3.55. The maximum absolute atomic E-state index is 12.1. The molecule has 0 aliphatic carbocycles. The van der Waals surface area contributed by atoms with Gasteiger partial charge in [-0.1, -0.05) is 30.3 Å². The maximum atomic E-state index is 12.1. The smallest absolute Gasteiger partial charge is 0.242 e. The minimum Gasteiger partial charge on any atom is -0.359 e. The van der Waals surface area contributed by atoms with Crippen LogP contribution in [-0.2, 0) is 11.3 Å². The van der Waals surface area contributed by atoms with E-state index in [9.17, 15) is 4.79 Å². The van der Waals surface area contributed by atoms with Crippen LogP contribution >= 0.6 is 24.0 Å². The van der Waals surface area contributed by atoms with E-state index in [1.54, 1.807) is 14.1 Å². The third-order valence-electron chi connectivity index (χ3n) is 2.82. The summed E-state index contributed by atoms with van der Waals surface area (Å²) in [7, 11) is 3.44. The summed E-state index contributed by atoms with van der Waals surface area (Å²) in [4.78, 5) is 17.9. The molecule has 0 radical (unpaired) electrons. The number of hydrogen-bond acceptors (Lipinski definition) is 2. The van der Waals surface area contributed by atoms with Gasteiger partial charge in [0, 0.05) is 27.2 Å². The molecular formula is C14H23IN4O. The van der Waals surface area contributed by atoms with Crippen LogP contribution in [0.1, 0.15) is 12.5 Å². The van der Waals surface area contributed by atoms with Gasteiger partial charge in [-0.25, -0.2) is 0 Å². The van der Waals surface area contributed by atoms with Gasteiger partial charge in [0.15, 0.2) is 5.96 Å². The van der Waals surface area contributed by atoms with Gasteiger partial charge in [-0.15, -0.1) is 24.0 Å². The van der Waals surface area contributed by atoms with Crippen LogP contribution in [-0.4, -0.2) is 44.0 Å². The van der Waals surface area contributed by atoms with E-state index >= 15 is 0 Å². The summed E-state index contributed by atoms with van der Waals surface area (Å²) in [6, 6.07) is 9.98. The molecule has 2 N–H and O–H groups in total. The Morgan fingerprint density at radius 2 is 1.95 bits per heavy atom. The summed E-state index contributed by atoms with van der Waals surface area (Å²) >= 11 is 0. The molecule has 0 unspecified atom stereocenters. The second-order valence-corrected chi connectivity index (χ2v) is 4.07. The number of carbonyl (C=O) groups excluding carboxylic acids is 1. The van der Waals surface area contributed by atoms with Crippen molar-refractivity contribution < 1.29 is 4.79 Å². The molecule has 20 heavy (non-hydrogen) atoms. The number of aliphatic imine (C=N–C) groups is 1. The zero-order valence-corrected chi connectivity index (χ0v) is 14.5. The maximum Gasteiger partial charge on any atom is 0.242 e. The lowest BCUT2D eigenvalue weighted by atomic mass is 10.2. The standard InChI is InChI=1S/C14H22N4O.HI/c1-4-18(11-12-8-6-5-7-9-12)13(19)10-17-14(15-2)16-3;/h5-9H,4,10-11H2,1-3H3,(H2,15,16,17);1H. The minimum absolute atomic E-state index is 0. The van der Waals surface area contributed by atoms with Crippen LogP contribution in [0.2, 0.25) is 0 Å². The van der Waals surface area contributed by atoms with E-state index in [1.165, 1.54) is 0 Å². The van der Waals surface area contributed by atoms with Gasteiger partial charge in [0.05, 0.1) is 6.54 Å². The van der Waals surface area contributed by atoms with Gasteiger partial charge >= 0.3 is 0 Å². The molecule has 5 nitrogen and oxygen atoms in total. The molecule has 0 aliphatic rings. The van der Waals surface area contributed by atoms with Gasteiger partial charge in [-0.05, 0) is 12.5 Å². The van der Waals surface area contributed by atoms with E-state index in [0.29, 0.717) is 19.0 Å². The molecule has 0 atom stereocenters. The summed E-state index contributed by atoms with van der Waals surface area (Å²) in [5.41, 5.74) is 1.13. The minimum atomic E-state index is 0. The largest absolute Gasteiger partial charge is 0.359 e. The Labute approximate surface area is 137 Å². The normalized spacial score (nSPS) is 10.4. The number of benzene rings is 1. The Morgan fingerprint density at radius 3 is 2.45 bits per heavy atom. The summed E-state index contributed by atoms with van der Waals surface area (Å²) in [5, 5.41) is 5.85. The van der Waals surface area contributed by atoms with Crippen LogP contribution in [0.3, 0.4) is 0 Å². The lowest BCUT2D eigenvalue weighted by Gasteiger charge is -2.21. The van der Waals surface area contributed by atoms with E-state index in [1.807, 2.05) is 42.2 Å². The SMILES string of the molecule is CCN(Cc1ccccc1)C(=O)CNC(=NC)NC.I. The second kappa shape index (κ2) is 10.5. The Bertz CT molecular complexity index is 422. The average Bonchev–Trinajstić information content (AvgIpc) is 2.46. The number of halogens is 1. The fourth-order valence-corrected chi connectivity index (χ4v) is 1.73. The monoisotopic (exact) mass is 390 g/mol. The molecule has 0 bridgehead atoms. The summed E-state index contributed by atoms with van der Waals surface area (Å²) in [6.07, 6.45) is 0. The van der Waals surface area contributed by atoms with Crippen LogP contribution in [0.25, 0.3) is 0 Å². The number of guanidine groups is 1. The Balaban J connectivity index is 0.00000361. The molecule has 1 amide bonds. The molecule has 1 aromatic carbocycles. The van der Waals surface area contributed by atoms with Gasteiger partial charge in [0.25, 0.3) is 0 Å². The van der Waals surface area contributed by atoms with Crippen LogP contribution in [0.4, 0.5) is 0 Å². The van der Waals surface area contributed by atoms with Gasteiger partial charge in [0.1, 0.15) is 0 Å². The van der Waals surface area contributed by atoms with Crippen molar-refractivity contribution in [3.05, 3.63) is 35.9 Å². The second-order valence-electron chi connectivity index (χ2n) is 4.07. The molecule has 112 valence electrons. The summed E-state index contributed by atoms with van der Waals surface area (Å²) < 4.78 is 0.